The van der Waals surface area contributed by atoms with E-state index in [1.165, 1.54) is 36.1 Å². The molecule has 0 radical (unpaired) electrons. The van der Waals surface area contributed by atoms with Gasteiger partial charge in [0, 0.05) is 23.2 Å². The van der Waals surface area contributed by atoms with E-state index in [0.29, 0.717) is 5.41 Å². The summed E-state index contributed by atoms with van der Waals surface area (Å²) in [5.41, 5.74) is 4.76. The summed E-state index contributed by atoms with van der Waals surface area (Å²) in [5, 5.41) is 0. The van der Waals surface area contributed by atoms with Crippen molar-refractivity contribution >= 4 is 21.6 Å². The third-order valence-electron chi connectivity index (χ3n) is 5.17. The summed E-state index contributed by atoms with van der Waals surface area (Å²) in [5.74, 6) is 0.985. The lowest BCUT2D eigenvalue weighted by Crippen LogP contribution is -2.27. The standard InChI is InChI=1S/C19H20BrNO/c1-22-18-7-2-14-11-19(12-15(14)10-18)8-9-21(13-19)17-5-3-16(20)4-6-17/h2-7,10H,8-9,11-13H2,1H3. The minimum absolute atomic E-state index is 0.418. The molecule has 114 valence electrons. The molecule has 1 aliphatic heterocycles. The Kier molecular flexibility index (Phi) is 3.41. The van der Waals surface area contributed by atoms with Crippen molar-refractivity contribution in [1.29, 1.82) is 0 Å². The molecule has 1 spiro atoms. The molecule has 1 unspecified atom stereocenters. The number of methoxy groups -OCH3 is 1. The maximum Gasteiger partial charge on any atom is 0.119 e. The molecule has 1 fully saturated rings. The molecule has 1 heterocycles. The summed E-state index contributed by atoms with van der Waals surface area (Å²) in [4.78, 5) is 2.54. The van der Waals surface area contributed by atoms with Gasteiger partial charge in [-0.15, -0.1) is 0 Å². The monoisotopic (exact) mass is 357 g/mol. The lowest BCUT2D eigenvalue weighted by atomic mass is 9.84. The van der Waals surface area contributed by atoms with E-state index in [-0.39, 0.29) is 0 Å². The molecule has 1 aliphatic carbocycles. The molecule has 4 rings (SSSR count). The molecule has 0 saturated carbocycles. The van der Waals surface area contributed by atoms with Gasteiger partial charge in [0.2, 0.25) is 0 Å². The van der Waals surface area contributed by atoms with Crippen LogP contribution in [0.2, 0.25) is 0 Å². The van der Waals surface area contributed by atoms with Crippen molar-refractivity contribution in [3.8, 4) is 5.75 Å². The van der Waals surface area contributed by atoms with Crippen LogP contribution in [0.3, 0.4) is 0 Å². The molecular weight excluding hydrogens is 338 g/mol. The first-order valence-corrected chi connectivity index (χ1v) is 8.63. The van der Waals surface area contributed by atoms with Crippen molar-refractivity contribution in [2.24, 2.45) is 5.41 Å². The van der Waals surface area contributed by atoms with E-state index in [2.05, 4.69) is 63.3 Å². The van der Waals surface area contributed by atoms with Gasteiger partial charge in [0.05, 0.1) is 7.11 Å². The maximum atomic E-state index is 5.38. The smallest absolute Gasteiger partial charge is 0.119 e. The summed E-state index contributed by atoms with van der Waals surface area (Å²) < 4.78 is 6.52. The number of ether oxygens (including phenoxy) is 1. The zero-order chi connectivity index (χ0) is 15.2. The Morgan fingerprint density at radius 1 is 1.05 bits per heavy atom. The molecule has 3 heteroatoms. The van der Waals surface area contributed by atoms with Crippen LogP contribution in [-0.4, -0.2) is 20.2 Å². The van der Waals surface area contributed by atoms with Crippen molar-refractivity contribution in [1.82, 2.24) is 0 Å². The largest absolute Gasteiger partial charge is 0.497 e. The molecule has 0 bridgehead atoms. The van der Waals surface area contributed by atoms with E-state index in [1.807, 2.05) is 0 Å². The molecule has 2 aromatic rings. The molecule has 0 amide bonds. The summed E-state index contributed by atoms with van der Waals surface area (Å²) in [7, 11) is 1.75. The first-order chi connectivity index (χ1) is 10.7. The number of hydrogen-bond donors (Lipinski definition) is 0. The van der Waals surface area contributed by atoms with Crippen molar-refractivity contribution < 1.29 is 4.74 Å². The summed E-state index contributed by atoms with van der Waals surface area (Å²) in [6.07, 6.45) is 3.67. The summed E-state index contributed by atoms with van der Waals surface area (Å²) in [6, 6.07) is 15.3. The summed E-state index contributed by atoms with van der Waals surface area (Å²) >= 11 is 3.52. The molecule has 22 heavy (non-hydrogen) atoms. The van der Waals surface area contributed by atoms with E-state index in [4.69, 9.17) is 4.74 Å². The third kappa shape index (κ3) is 2.41. The van der Waals surface area contributed by atoms with Crippen LogP contribution in [0, 0.1) is 5.41 Å². The molecule has 0 aromatic heterocycles. The molecular formula is C19H20BrNO. The predicted octanol–water partition coefficient (Wildman–Crippen LogP) is 4.45. The van der Waals surface area contributed by atoms with E-state index >= 15 is 0 Å². The van der Waals surface area contributed by atoms with Gasteiger partial charge in [-0.2, -0.15) is 0 Å². The lowest BCUT2D eigenvalue weighted by molar-refractivity contribution is 0.349. The Morgan fingerprint density at radius 3 is 2.59 bits per heavy atom. The number of anilines is 1. The number of hydrogen-bond acceptors (Lipinski definition) is 2. The molecule has 1 saturated heterocycles. The van der Waals surface area contributed by atoms with Crippen LogP contribution in [0.25, 0.3) is 0 Å². The Hall–Kier alpha value is -1.48. The van der Waals surface area contributed by atoms with Crippen LogP contribution in [-0.2, 0) is 12.8 Å². The highest BCUT2D eigenvalue weighted by Gasteiger charge is 2.42. The highest BCUT2D eigenvalue weighted by Crippen LogP contribution is 2.45. The Balaban J connectivity index is 1.54. The van der Waals surface area contributed by atoms with Crippen molar-refractivity contribution in [2.45, 2.75) is 19.3 Å². The molecule has 2 aliphatic rings. The van der Waals surface area contributed by atoms with Crippen molar-refractivity contribution in [3.05, 3.63) is 58.1 Å². The highest BCUT2D eigenvalue weighted by atomic mass is 79.9. The van der Waals surface area contributed by atoms with Crippen LogP contribution < -0.4 is 9.64 Å². The second kappa shape index (κ2) is 5.31. The van der Waals surface area contributed by atoms with E-state index < -0.39 is 0 Å². The topological polar surface area (TPSA) is 12.5 Å². The normalized spacial score (nSPS) is 23.1. The third-order valence-corrected chi connectivity index (χ3v) is 5.70. The van der Waals surface area contributed by atoms with Gasteiger partial charge in [0.1, 0.15) is 5.75 Å². The van der Waals surface area contributed by atoms with Crippen LogP contribution in [0.15, 0.2) is 46.9 Å². The first-order valence-electron chi connectivity index (χ1n) is 7.84. The SMILES string of the molecule is COc1ccc2c(c1)CC1(CCN(c3ccc(Br)cc3)C1)C2. The predicted molar refractivity (Wildman–Crippen MR) is 93.8 cm³/mol. The second-order valence-corrected chi connectivity index (χ2v) is 7.55. The minimum Gasteiger partial charge on any atom is -0.497 e. The van der Waals surface area contributed by atoms with Crippen LogP contribution in [0.1, 0.15) is 17.5 Å². The van der Waals surface area contributed by atoms with Gasteiger partial charge < -0.3 is 9.64 Å². The molecule has 2 aromatic carbocycles. The van der Waals surface area contributed by atoms with Gasteiger partial charge in [-0.1, -0.05) is 22.0 Å². The number of nitrogens with zero attached hydrogens (tertiary/aromatic N) is 1. The average Bonchev–Trinajstić information content (AvgIpc) is 3.10. The van der Waals surface area contributed by atoms with Crippen LogP contribution in [0.5, 0.6) is 5.75 Å². The Labute approximate surface area is 140 Å². The minimum atomic E-state index is 0.418. The Morgan fingerprint density at radius 2 is 1.82 bits per heavy atom. The van der Waals surface area contributed by atoms with Gasteiger partial charge in [-0.25, -0.2) is 0 Å². The number of benzene rings is 2. The number of fused-ring (bicyclic) bond motifs is 1. The fraction of sp³-hybridized carbons (Fsp3) is 0.368. The van der Waals surface area contributed by atoms with Crippen molar-refractivity contribution in [2.75, 3.05) is 25.1 Å². The first kappa shape index (κ1) is 14.1. The molecule has 2 nitrogen and oxygen atoms in total. The van der Waals surface area contributed by atoms with E-state index in [0.717, 1.165) is 23.3 Å². The second-order valence-electron chi connectivity index (χ2n) is 6.64. The van der Waals surface area contributed by atoms with E-state index in [9.17, 15) is 0 Å². The van der Waals surface area contributed by atoms with Gasteiger partial charge >= 0.3 is 0 Å². The number of rotatable bonds is 2. The van der Waals surface area contributed by atoms with E-state index in [1.54, 1.807) is 7.11 Å². The van der Waals surface area contributed by atoms with Crippen molar-refractivity contribution in [3.63, 3.8) is 0 Å². The molecule has 0 N–H and O–H groups in total. The highest BCUT2D eigenvalue weighted by molar-refractivity contribution is 9.10. The quantitative estimate of drug-likeness (QED) is 0.786. The van der Waals surface area contributed by atoms with Gasteiger partial charge in [-0.3, -0.25) is 0 Å². The zero-order valence-corrected chi connectivity index (χ0v) is 14.4. The van der Waals surface area contributed by atoms with Gasteiger partial charge in [0.25, 0.3) is 0 Å². The van der Waals surface area contributed by atoms with Gasteiger partial charge in [0.15, 0.2) is 0 Å². The average molecular weight is 358 g/mol. The lowest BCUT2D eigenvalue weighted by Gasteiger charge is -2.25. The molecule has 1 atom stereocenters. The fourth-order valence-corrected chi connectivity index (χ4v) is 4.30. The van der Waals surface area contributed by atoms with Crippen LogP contribution in [0.4, 0.5) is 5.69 Å². The van der Waals surface area contributed by atoms with Gasteiger partial charge in [-0.05, 0) is 72.2 Å². The maximum absolute atomic E-state index is 5.38. The number of halogens is 1. The summed E-state index contributed by atoms with van der Waals surface area (Å²) in [6.45, 7) is 2.32. The zero-order valence-electron chi connectivity index (χ0n) is 12.8. The fourth-order valence-electron chi connectivity index (χ4n) is 4.03. The van der Waals surface area contributed by atoms with Crippen LogP contribution >= 0.6 is 15.9 Å². The Bertz CT molecular complexity index is 697.